The fraction of sp³-hybridized carbons (Fsp3) is 0.0625. The van der Waals surface area contributed by atoms with Gasteiger partial charge in [-0.15, -0.1) is 0 Å². The van der Waals surface area contributed by atoms with Gasteiger partial charge in [0.25, 0.3) is 11.5 Å². The minimum Gasteiger partial charge on any atom is -0.493 e. The molecule has 1 N–H and O–H groups in total. The van der Waals surface area contributed by atoms with Crippen LogP contribution in [0, 0.1) is 0 Å². The first-order valence-corrected chi connectivity index (χ1v) is 13.3. The van der Waals surface area contributed by atoms with Crippen molar-refractivity contribution in [2.45, 2.75) is 0 Å². The summed E-state index contributed by atoms with van der Waals surface area (Å²) >= 11 is 6.17. The lowest BCUT2D eigenvalue weighted by Crippen LogP contribution is -2.21. The van der Waals surface area contributed by atoms with Gasteiger partial charge in [0.15, 0.2) is 23.9 Å². The van der Waals surface area contributed by atoms with E-state index in [0.29, 0.717) is 44.3 Å². The molecular formula is C32H23ClN4O5. The fourth-order valence-corrected chi connectivity index (χ4v) is 4.62. The van der Waals surface area contributed by atoms with E-state index in [1.165, 1.54) is 18.0 Å². The van der Waals surface area contributed by atoms with Crippen LogP contribution in [-0.4, -0.2) is 35.5 Å². The third-order valence-corrected chi connectivity index (χ3v) is 6.63. The van der Waals surface area contributed by atoms with Crippen molar-refractivity contribution >= 4 is 51.3 Å². The van der Waals surface area contributed by atoms with Crippen molar-refractivity contribution in [3.8, 4) is 23.1 Å². The third-order valence-electron chi connectivity index (χ3n) is 6.40. The quantitative estimate of drug-likeness (QED) is 0.210. The average Bonchev–Trinajstić information content (AvgIpc) is 3.43. The summed E-state index contributed by atoms with van der Waals surface area (Å²) in [4.78, 5) is 30.9. The smallest absolute Gasteiger partial charge is 0.282 e. The maximum atomic E-state index is 13.6. The molecule has 0 saturated heterocycles. The Bertz CT molecular complexity index is 2020. The average molecular weight is 579 g/mol. The summed E-state index contributed by atoms with van der Waals surface area (Å²) in [5, 5.41) is 9.00. The summed E-state index contributed by atoms with van der Waals surface area (Å²) < 4.78 is 18.6. The first-order chi connectivity index (χ1) is 20.5. The summed E-state index contributed by atoms with van der Waals surface area (Å²) in [5.74, 6) is 0.873. The van der Waals surface area contributed by atoms with Gasteiger partial charge in [-0.2, -0.15) is 9.78 Å². The van der Waals surface area contributed by atoms with Gasteiger partial charge in [0.05, 0.1) is 24.2 Å². The number of methoxy groups -OCH3 is 1. The molecule has 0 saturated carbocycles. The molecule has 2 heterocycles. The van der Waals surface area contributed by atoms with Gasteiger partial charge in [-0.05, 0) is 60.7 Å². The maximum absolute atomic E-state index is 13.6. The molecule has 0 atom stereocenters. The second-order valence-electron chi connectivity index (χ2n) is 9.19. The standard InChI is InChI=1S/C32H23ClN4O5/c1-40-27-13-7-8-20(30(27)41-19-29(38)35-23-9-3-2-4-10-23)18-34-37-31(36-25-12-6-5-11-24(25)32(37)39)28-17-21-16-22(33)14-15-26(21)42-28/h2-18H,19H2,1H3,(H,35,38). The number of nitrogens with one attached hydrogen (secondary N) is 1. The predicted molar refractivity (Wildman–Crippen MR) is 163 cm³/mol. The lowest BCUT2D eigenvalue weighted by atomic mass is 10.2. The molecule has 4 aromatic carbocycles. The minimum absolute atomic E-state index is 0.204. The predicted octanol–water partition coefficient (Wildman–Crippen LogP) is 6.37. The number of rotatable bonds is 8. The number of hydrogen-bond donors (Lipinski definition) is 1. The van der Waals surface area contributed by atoms with E-state index in [9.17, 15) is 9.59 Å². The lowest BCUT2D eigenvalue weighted by molar-refractivity contribution is -0.118. The highest BCUT2D eigenvalue weighted by Gasteiger charge is 2.18. The first-order valence-electron chi connectivity index (χ1n) is 12.9. The normalized spacial score (nSPS) is 11.3. The molecule has 208 valence electrons. The molecule has 0 aliphatic rings. The van der Waals surface area contributed by atoms with E-state index < -0.39 is 5.56 Å². The molecule has 2 aromatic heterocycles. The molecule has 0 aliphatic heterocycles. The number of nitrogens with zero attached hydrogens (tertiary/aromatic N) is 3. The summed E-state index contributed by atoms with van der Waals surface area (Å²) in [6, 6.07) is 28.3. The lowest BCUT2D eigenvalue weighted by Gasteiger charge is -2.13. The van der Waals surface area contributed by atoms with Crippen LogP contribution in [0.1, 0.15) is 5.56 Å². The molecule has 6 rings (SSSR count). The SMILES string of the molecule is COc1cccc(C=Nn2c(-c3cc4cc(Cl)ccc4o3)nc3ccccc3c2=O)c1OCC(=O)Nc1ccccc1. The second-order valence-corrected chi connectivity index (χ2v) is 9.62. The van der Waals surface area contributed by atoms with Gasteiger partial charge >= 0.3 is 0 Å². The topological polar surface area (TPSA) is 108 Å². The van der Waals surface area contributed by atoms with Crippen molar-refractivity contribution in [1.82, 2.24) is 9.66 Å². The molecule has 6 aromatic rings. The highest BCUT2D eigenvalue weighted by Crippen LogP contribution is 2.31. The summed E-state index contributed by atoms with van der Waals surface area (Å²) in [5.41, 5.74) is 1.82. The van der Waals surface area contributed by atoms with Crippen LogP contribution in [0.5, 0.6) is 11.5 Å². The Morgan fingerprint density at radius 3 is 2.67 bits per heavy atom. The second kappa shape index (κ2) is 11.6. The van der Waals surface area contributed by atoms with Crippen molar-refractivity contribution in [3.63, 3.8) is 0 Å². The van der Waals surface area contributed by atoms with Crippen molar-refractivity contribution in [1.29, 1.82) is 0 Å². The van der Waals surface area contributed by atoms with Crippen molar-refractivity contribution in [2.24, 2.45) is 5.10 Å². The first kappa shape index (κ1) is 26.8. The molecule has 0 fully saturated rings. The van der Waals surface area contributed by atoms with E-state index in [-0.39, 0.29) is 24.1 Å². The van der Waals surface area contributed by atoms with Crippen LogP contribution < -0.4 is 20.3 Å². The molecule has 0 radical (unpaired) electrons. The Kier molecular flexibility index (Phi) is 7.40. The van der Waals surface area contributed by atoms with Crippen LogP contribution in [-0.2, 0) is 4.79 Å². The Morgan fingerprint density at radius 2 is 1.83 bits per heavy atom. The maximum Gasteiger partial charge on any atom is 0.282 e. The van der Waals surface area contributed by atoms with E-state index in [0.717, 1.165) is 5.39 Å². The van der Waals surface area contributed by atoms with Gasteiger partial charge in [0, 0.05) is 21.7 Å². The van der Waals surface area contributed by atoms with Gasteiger partial charge in [0.2, 0.25) is 5.82 Å². The number of para-hydroxylation sites is 3. The Morgan fingerprint density at radius 1 is 1.02 bits per heavy atom. The number of aromatic nitrogens is 2. The number of amides is 1. The Labute approximate surface area is 244 Å². The molecule has 0 spiro atoms. The summed E-state index contributed by atoms with van der Waals surface area (Å²) in [6.07, 6.45) is 1.45. The minimum atomic E-state index is -0.391. The number of halogens is 1. The van der Waals surface area contributed by atoms with Gasteiger partial charge in [-0.1, -0.05) is 48.0 Å². The summed E-state index contributed by atoms with van der Waals surface area (Å²) in [6.45, 7) is -0.277. The van der Waals surface area contributed by atoms with E-state index in [2.05, 4.69) is 10.4 Å². The monoisotopic (exact) mass is 578 g/mol. The zero-order valence-electron chi connectivity index (χ0n) is 22.3. The van der Waals surface area contributed by atoms with E-state index in [1.807, 2.05) is 18.2 Å². The molecule has 0 unspecified atom stereocenters. The van der Waals surface area contributed by atoms with Crippen molar-refractivity contribution in [2.75, 3.05) is 19.0 Å². The molecule has 0 bridgehead atoms. The van der Waals surface area contributed by atoms with Crippen LogP contribution in [0.4, 0.5) is 5.69 Å². The van der Waals surface area contributed by atoms with Crippen molar-refractivity contribution < 1.29 is 18.7 Å². The number of fused-ring (bicyclic) bond motifs is 2. The van der Waals surface area contributed by atoms with Crippen LogP contribution in [0.2, 0.25) is 5.02 Å². The van der Waals surface area contributed by atoms with E-state index in [4.69, 9.17) is 30.5 Å². The number of carbonyl (C=O) groups excluding carboxylic acids is 1. The fourth-order valence-electron chi connectivity index (χ4n) is 4.44. The van der Waals surface area contributed by atoms with Crippen LogP contribution in [0.25, 0.3) is 33.5 Å². The number of furan rings is 1. The molecule has 0 aliphatic carbocycles. The molecule has 42 heavy (non-hydrogen) atoms. The van der Waals surface area contributed by atoms with Crippen molar-refractivity contribution in [3.05, 3.63) is 118 Å². The zero-order valence-corrected chi connectivity index (χ0v) is 23.0. The summed E-state index contributed by atoms with van der Waals surface area (Å²) in [7, 11) is 1.50. The highest BCUT2D eigenvalue weighted by molar-refractivity contribution is 6.31. The van der Waals surface area contributed by atoms with Gasteiger partial charge in [-0.3, -0.25) is 9.59 Å². The molecular weight excluding hydrogens is 556 g/mol. The van der Waals surface area contributed by atoms with Gasteiger partial charge in [0.1, 0.15) is 5.58 Å². The largest absolute Gasteiger partial charge is 0.493 e. The Hall–Kier alpha value is -5.41. The third kappa shape index (κ3) is 5.45. The number of benzene rings is 4. The van der Waals surface area contributed by atoms with Gasteiger partial charge in [-0.25, -0.2) is 4.98 Å². The molecule has 1 amide bonds. The molecule has 9 nitrogen and oxygen atoms in total. The molecule has 10 heteroatoms. The zero-order chi connectivity index (χ0) is 29.1. The number of hydrogen-bond acceptors (Lipinski definition) is 7. The highest BCUT2D eigenvalue weighted by atomic mass is 35.5. The van der Waals surface area contributed by atoms with Gasteiger partial charge < -0.3 is 19.2 Å². The van der Waals surface area contributed by atoms with Crippen LogP contribution >= 0.6 is 11.6 Å². The van der Waals surface area contributed by atoms with Crippen LogP contribution in [0.3, 0.4) is 0 Å². The van der Waals surface area contributed by atoms with Crippen LogP contribution in [0.15, 0.2) is 111 Å². The van der Waals surface area contributed by atoms with E-state index >= 15 is 0 Å². The Balaban J connectivity index is 1.39. The number of carbonyl (C=O) groups is 1. The number of anilines is 1. The van der Waals surface area contributed by atoms with E-state index in [1.54, 1.807) is 78.9 Å². The number of ether oxygens (including phenoxy) is 2.